The smallest absolute Gasteiger partial charge is 0.309 e. The highest BCUT2D eigenvalue weighted by Gasteiger charge is 2.30. The summed E-state index contributed by atoms with van der Waals surface area (Å²) in [5, 5.41) is 0.511. The molecule has 0 aliphatic carbocycles. The van der Waals surface area contributed by atoms with Crippen molar-refractivity contribution < 1.29 is 13.2 Å². The molecule has 0 spiro atoms. The Kier molecular flexibility index (Phi) is 5.08. The second-order valence-corrected chi connectivity index (χ2v) is 6.03. The molecule has 0 bridgehead atoms. The first-order valence-electron chi connectivity index (χ1n) is 8.23. The Morgan fingerprint density at radius 2 is 1.85 bits per heavy atom. The van der Waals surface area contributed by atoms with Crippen molar-refractivity contribution in [1.82, 2.24) is 14.9 Å². The van der Waals surface area contributed by atoms with Crippen molar-refractivity contribution in [3.8, 4) is 0 Å². The number of fused-ring (bicyclic) bond motifs is 1. The Bertz CT molecular complexity index is 966. The summed E-state index contributed by atoms with van der Waals surface area (Å²) < 4.78 is 38.6. The fourth-order valence-electron chi connectivity index (χ4n) is 2.81. The lowest BCUT2D eigenvalue weighted by Gasteiger charge is -2.20. The highest BCUT2D eigenvalue weighted by atomic mass is 19.4. The molecule has 0 unspecified atom stereocenters. The van der Waals surface area contributed by atoms with Crippen LogP contribution in [0.15, 0.2) is 53.3 Å². The van der Waals surface area contributed by atoms with Crippen LogP contribution in [0.5, 0.6) is 0 Å². The van der Waals surface area contributed by atoms with E-state index in [-0.39, 0.29) is 5.56 Å². The van der Waals surface area contributed by atoms with Crippen molar-refractivity contribution in [3.05, 3.63) is 75.8 Å². The third-order valence-corrected chi connectivity index (χ3v) is 4.14. The van der Waals surface area contributed by atoms with Gasteiger partial charge in [-0.2, -0.15) is 13.2 Å². The molecule has 4 nitrogen and oxygen atoms in total. The topological polar surface area (TPSA) is 49.0 Å². The van der Waals surface area contributed by atoms with Crippen molar-refractivity contribution in [2.75, 3.05) is 6.54 Å². The van der Waals surface area contributed by atoms with Gasteiger partial charge in [0, 0.05) is 6.54 Å². The zero-order chi connectivity index (χ0) is 18.7. The quantitative estimate of drug-likeness (QED) is 0.748. The molecule has 1 N–H and O–H groups in total. The summed E-state index contributed by atoms with van der Waals surface area (Å²) in [4.78, 5) is 21.3. The fourth-order valence-corrected chi connectivity index (χ4v) is 2.81. The van der Waals surface area contributed by atoms with Gasteiger partial charge in [-0.3, -0.25) is 9.69 Å². The SMILES string of the molecule is CCN(Cc1cccc(C(F)(F)F)c1)Cc1nc2ccccc2c(=O)[nH]1. The molecule has 2 aromatic carbocycles. The highest BCUT2D eigenvalue weighted by Crippen LogP contribution is 2.29. The molecule has 0 aliphatic heterocycles. The second kappa shape index (κ2) is 7.29. The minimum Gasteiger partial charge on any atom is -0.309 e. The van der Waals surface area contributed by atoms with Crippen molar-refractivity contribution in [2.24, 2.45) is 0 Å². The number of hydrogen-bond acceptors (Lipinski definition) is 3. The standard InChI is InChI=1S/C19H18F3N3O/c1-2-25(11-13-6-5-7-14(10-13)19(20,21)22)12-17-23-16-9-4-3-8-15(16)18(26)24-17/h3-10H,2,11-12H2,1H3,(H,23,24,26). The maximum atomic E-state index is 12.9. The third kappa shape index (κ3) is 4.11. The van der Waals surface area contributed by atoms with Crippen LogP contribution >= 0.6 is 0 Å². The van der Waals surface area contributed by atoms with Gasteiger partial charge in [0.2, 0.25) is 0 Å². The largest absolute Gasteiger partial charge is 0.416 e. The molecule has 26 heavy (non-hydrogen) atoms. The van der Waals surface area contributed by atoms with Crippen LogP contribution in [-0.4, -0.2) is 21.4 Å². The predicted molar refractivity (Wildman–Crippen MR) is 93.6 cm³/mol. The zero-order valence-corrected chi connectivity index (χ0v) is 14.2. The fraction of sp³-hybridized carbons (Fsp3) is 0.263. The van der Waals surface area contributed by atoms with E-state index in [0.29, 0.717) is 41.9 Å². The highest BCUT2D eigenvalue weighted by molar-refractivity contribution is 5.77. The molecule has 0 atom stereocenters. The first-order chi connectivity index (χ1) is 12.4. The summed E-state index contributed by atoms with van der Waals surface area (Å²) in [7, 11) is 0. The molecule has 3 aromatic rings. The van der Waals surface area contributed by atoms with E-state index >= 15 is 0 Å². The number of halogens is 3. The van der Waals surface area contributed by atoms with Gasteiger partial charge < -0.3 is 4.98 Å². The van der Waals surface area contributed by atoms with E-state index in [4.69, 9.17) is 0 Å². The van der Waals surface area contributed by atoms with Gasteiger partial charge >= 0.3 is 6.18 Å². The number of nitrogens with one attached hydrogen (secondary N) is 1. The van der Waals surface area contributed by atoms with E-state index in [1.165, 1.54) is 6.07 Å². The molecule has 7 heteroatoms. The first-order valence-corrected chi connectivity index (χ1v) is 8.23. The van der Waals surface area contributed by atoms with Crippen LogP contribution in [0.4, 0.5) is 13.2 Å². The second-order valence-electron chi connectivity index (χ2n) is 6.03. The number of nitrogens with zero attached hydrogens (tertiary/aromatic N) is 2. The molecule has 1 heterocycles. The number of alkyl halides is 3. The van der Waals surface area contributed by atoms with Crippen LogP contribution in [0.3, 0.4) is 0 Å². The molecule has 0 saturated carbocycles. The summed E-state index contributed by atoms with van der Waals surface area (Å²) in [6, 6.07) is 12.3. The normalized spacial score (nSPS) is 12.0. The molecule has 0 aliphatic rings. The Labute approximate surface area is 148 Å². The minimum atomic E-state index is -4.36. The van der Waals surface area contributed by atoms with Crippen LogP contribution < -0.4 is 5.56 Å². The predicted octanol–water partition coefficient (Wildman–Crippen LogP) is 3.96. The monoisotopic (exact) mass is 361 g/mol. The summed E-state index contributed by atoms with van der Waals surface area (Å²) >= 11 is 0. The van der Waals surface area contributed by atoms with Crippen LogP contribution in [0.2, 0.25) is 0 Å². The number of hydrogen-bond donors (Lipinski definition) is 1. The maximum absolute atomic E-state index is 12.9. The van der Waals surface area contributed by atoms with Crippen LogP contribution in [-0.2, 0) is 19.3 Å². The molecular formula is C19H18F3N3O. The van der Waals surface area contributed by atoms with E-state index in [9.17, 15) is 18.0 Å². The van der Waals surface area contributed by atoms with Gasteiger partial charge in [-0.05, 0) is 30.3 Å². The van der Waals surface area contributed by atoms with Gasteiger partial charge in [0.25, 0.3) is 5.56 Å². The van der Waals surface area contributed by atoms with Crippen molar-refractivity contribution in [1.29, 1.82) is 0 Å². The van der Waals surface area contributed by atoms with Crippen molar-refractivity contribution in [3.63, 3.8) is 0 Å². The Balaban J connectivity index is 1.81. The Morgan fingerprint density at radius 1 is 1.08 bits per heavy atom. The Morgan fingerprint density at radius 3 is 2.58 bits per heavy atom. The summed E-state index contributed by atoms with van der Waals surface area (Å²) in [5.74, 6) is 0.488. The van der Waals surface area contributed by atoms with E-state index in [1.807, 2.05) is 11.8 Å². The molecule has 0 amide bonds. The summed E-state index contributed by atoms with van der Waals surface area (Å²) in [5.41, 5.74) is 0.273. The van der Waals surface area contributed by atoms with Gasteiger partial charge in [-0.15, -0.1) is 0 Å². The molecule has 1 aromatic heterocycles. The van der Waals surface area contributed by atoms with E-state index < -0.39 is 11.7 Å². The molecule has 3 rings (SSSR count). The molecule has 0 saturated heterocycles. The maximum Gasteiger partial charge on any atom is 0.416 e. The minimum absolute atomic E-state index is 0.222. The number of para-hydroxylation sites is 1. The zero-order valence-electron chi connectivity index (χ0n) is 14.2. The number of aromatic amines is 1. The number of benzene rings is 2. The van der Waals surface area contributed by atoms with Gasteiger partial charge in [0.1, 0.15) is 5.82 Å². The van der Waals surface area contributed by atoms with Gasteiger partial charge in [0.05, 0.1) is 23.0 Å². The lowest BCUT2D eigenvalue weighted by atomic mass is 10.1. The summed E-state index contributed by atoms with van der Waals surface area (Å²) in [6.45, 7) is 3.18. The lowest BCUT2D eigenvalue weighted by Crippen LogP contribution is -2.25. The average Bonchev–Trinajstić information content (AvgIpc) is 2.61. The van der Waals surface area contributed by atoms with Crippen LogP contribution in [0.25, 0.3) is 10.9 Å². The third-order valence-electron chi connectivity index (χ3n) is 4.14. The number of aromatic nitrogens is 2. The number of H-pyrrole nitrogens is 1. The average molecular weight is 361 g/mol. The molecular weight excluding hydrogens is 343 g/mol. The van der Waals surface area contributed by atoms with E-state index in [1.54, 1.807) is 30.3 Å². The molecule has 0 radical (unpaired) electrons. The molecule has 0 fully saturated rings. The first kappa shape index (κ1) is 18.1. The van der Waals surface area contributed by atoms with Gasteiger partial charge in [-0.25, -0.2) is 4.98 Å². The number of rotatable bonds is 5. The van der Waals surface area contributed by atoms with E-state index in [2.05, 4.69) is 9.97 Å². The van der Waals surface area contributed by atoms with Gasteiger partial charge in [-0.1, -0.05) is 37.3 Å². The van der Waals surface area contributed by atoms with Crippen LogP contribution in [0, 0.1) is 0 Å². The van der Waals surface area contributed by atoms with Crippen molar-refractivity contribution >= 4 is 10.9 Å². The van der Waals surface area contributed by atoms with Crippen LogP contribution in [0.1, 0.15) is 23.9 Å². The Hall–Kier alpha value is -2.67. The van der Waals surface area contributed by atoms with Gasteiger partial charge in [0.15, 0.2) is 0 Å². The summed E-state index contributed by atoms with van der Waals surface area (Å²) in [6.07, 6.45) is -4.36. The molecule has 136 valence electrons. The van der Waals surface area contributed by atoms with E-state index in [0.717, 1.165) is 12.1 Å². The van der Waals surface area contributed by atoms with Crippen molar-refractivity contribution in [2.45, 2.75) is 26.2 Å². The lowest BCUT2D eigenvalue weighted by molar-refractivity contribution is -0.137.